The lowest BCUT2D eigenvalue weighted by molar-refractivity contribution is -0.129. The Morgan fingerprint density at radius 2 is 2.05 bits per heavy atom. The summed E-state index contributed by atoms with van der Waals surface area (Å²) in [6.45, 7) is 6.04. The van der Waals surface area contributed by atoms with Crippen molar-refractivity contribution in [2.45, 2.75) is 45.1 Å². The van der Waals surface area contributed by atoms with Crippen LogP contribution in [0, 0.1) is 5.82 Å². The Morgan fingerprint density at radius 3 is 2.60 bits per heavy atom. The molecule has 0 N–H and O–H groups in total. The minimum absolute atomic E-state index is 0.0784. The van der Waals surface area contributed by atoms with Crippen LogP contribution in [0.3, 0.4) is 0 Å². The van der Waals surface area contributed by atoms with Gasteiger partial charge in [-0.2, -0.15) is 0 Å². The molecule has 0 amide bonds. The molecular weight excluding hydrogens is 277 g/mol. The zero-order valence-electron chi connectivity index (χ0n) is 12.1. The maximum Gasteiger partial charge on any atom is 0.157 e. The fourth-order valence-electron chi connectivity index (χ4n) is 2.83. The summed E-state index contributed by atoms with van der Waals surface area (Å²) in [7, 11) is 0. The van der Waals surface area contributed by atoms with E-state index in [-0.39, 0.29) is 10.8 Å². The predicted molar refractivity (Wildman–Crippen MR) is 79.6 cm³/mol. The number of carbonyl (C=O) groups is 1. The summed E-state index contributed by atoms with van der Waals surface area (Å²) >= 11 is 5.78. The molecule has 1 saturated heterocycles. The van der Waals surface area contributed by atoms with Crippen molar-refractivity contribution in [1.29, 1.82) is 0 Å². The quantitative estimate of drug-likeness (QED) is 0.822. The number of carbonyl (C=O) groups excluding carboxylic acids is 1. The number of hydrogen-bond donors (Lipinski definition) is 0. The number of halogens is 2. The standard InChI is InChI=1S/C16H21ClFNO/c1-3-16(2,19-8-4-5-9-19)15(20)11-12-6-7-14(18)13(17)10-12/h6-7,10H,3-5,8-9,11H2,1-2H3. The van der Waals surface area contributed by atoms with Crippen LogP contribution in [0.2, 0.25) is 5.02 Å². The molecule has 0 radical (unpaired) electrons. The summed E-state index contributed by atoms with van der Waals surface area (Å²) in [4.78, 5) is 14.9. The zero-order chi connectivity index (χ0) is 14.8. The van der Waals surface area contributed by atoms with E-state index in [1.807, 2.05) is 13.8 Å². The van der Waals surface area contributed by atoms with Crippen molar-refractivity contribution < 1.29 is 9.18 Å². The van der Waals surface area contributed by atoms with Gasteiger partial charge in [-0.25, -0.2) is 4.39 Å². The highest BCUT2D eigenvalue weighted by Crippen LogP contribution is 2.27. The third kappa shape index (κ3) is 3.04. The van der Waals surface area contributed by atoms with Crippen LogP contribution in [0.25, 0.3) is 0 Å². The van der Waals surface area contributed by atoms with Crippen molar-refractivity contribution >= 4 is 17.4 Å². The second-order valence-electron chi connectivity index (χ2n) is 5.67. The Hall–Kier alpha value is -0.930. The van der Waals surface area contributed by atoms with Gasteiger partial charge in [0, 0.05) is 6.42 Å². The van der Waals surface area contributed by atoms with Crippen LogP contribution >= 0.6 is 11.6 Å². The molecule has 0 spiro atoms. The van der Waals surface area contributed by atoms with E-state index < -0.39 is 11.4 Å². The van der Waals surface area contributed by atoms with E-state index >= 15 is 0 Å². The highest BCUT2D eigenvalue weighted by atomic mass is 35.5. The molecule has 20 heavy (non-hydrogen) atoms. The summed E-state index contributed by atoms with van der Waals surface area (Å²) < 4.78 is 13.2. The molecule has 0 saturated carbocycles. The van der Waals surface area contributed by atoms with Crippen molar-refractivity contribution in [3.8, 4) is 0 Å². The average Bonchev–Trinajstić information content (AvgIpc) is 2.96. The fraction of sp³-hybridized carbons (Fsp3) is 0.562. The maximum absolute atomic E-state index is 13.2. The van der Waals surface area contributed by atoms with Crippen LogP contribution in [0.4, 0.5) is 4.39 Å². The Kier molecular flexibility index (Phi) is 4.82. The molecule has 1 atom stereocenters. The van der Waals surface area contributed by atoms with E-state index in [2.05, 4.69) is 4.90 Å². The van der Waals surface area contributed by atoms with Gasteiger partial charge >= 0.3 is 0 Å². The summed E-state index contributed by atoms with van der Waals surface area (Å²) in [6.07, 6.45) is 3.41. The van der Waals surface area contributed by atoms with Gasteiger partial charge in [0.25, 0.3) is 0 Å². The van der Waals surface area contributed by atoms with E-state index in [0.717, 1.165) is 37.9 Å². The Bertz CT molecular complexity index is 499. The second-order valence-corrected chi connectivity index (χ2v) is 6.08. The number of rotatable bonds is 5. The monoisotopic (exact) mass is 297 g/mol. The number of ketones is 1. The third-order valence-electron chi connectivity index (χ3n) is 4.44. The van der Waals surface area contributed by atoms with Crippen LogP contribution in [0.5, 0.6) is 0 Å². The van der Waals surface area contributed by atoms with Crippen molar-refractivity contribution in [3.63, 3.8) is 0 Å². The second kappa shape index (κ2) is 6.23. The molecule has 1 aromatic carbocycles. The van der Waals surface area contributed by atoms with E-state index in [4.69, 9.17) is 11.6 Å². The van der Waals surface area contributed by atoms with Gasteiger partial charge in [-0.05, 0) is 57.0 Å². The first kappa shape index (κ1) is 15.5. The highest BCUT2D eigenvalue weighted by molar-refractivity contribution is 6.30. The predicted octanol–water partition coefficient (Wildman–Crippen LogP) is 3.86. The molecular formula is C16H21ClFNO. The van der Waals surface area contributed by atoms with Crippen molar-refractivity contribution in [2.24, 2.45) is 0 Å². The largest absolute Gasteiger partial charge is 0.297 e. The molecule has 2 rings (SSSR count). The molecule has 0 aromatic heterocycles. The number of benzene rings is 1. The van der Waals surface area contributed by atoms with E-state index in [0.29, 0.717) is 6.42 Å². The smallest absolute Gasteiger partial charge is 0.157 e. The molecule has 0 bridgehead atoms. The van der Waals surface area contributed by atoms with E-state index in [1.165, 1.54) is 6.07 Å². The van der Waals surface area contributed by atoms with Crippen molar-refractivity contribution in [2.75, 3.05) is 13.1 Å². The fourth-order valence-corrected chi connectivity index (χ4v) is 3.04. The van der Waals surface area contributed by atoms with Crippen LogP contribution in [0.15, 0.2) is 18.2 Å². The molecule has 1 heterocycles. The molecule has 1 aliphatic rings. The van der Waals surface area contributed by atoms with E-state index in [9.17, 15) is 9.18 Å². The van der Waals surface area contributed by atoms with Crippen molar-refractivity contribution in [1.82, 2.24) is 4.90 Å². The molecule has 110 valence electrons. The molecule has 1 aromatic rings. The van der Waals surface area contributed by atoms with Crippen LogP contribution < -0.4 is 0 Å². The Morgan fingerprint density at radius 1 is 1.40 bits per heavy atom. The van der Waals surface area contributed by atoms with Gasteiger partial charge in [0.1, 0.15) is 5.82 Å². The normalized spacial score (nSPS) is 19.0. The van der Waals surface area contributed by atoms with Gasteiger partial charge < -0.3 is 0 Å². The minimum atomic E-state index is -0.444. The first-order valence-corrected chi connectivity index (χ1v) is 7.57. The summed E-state index contributed by atoms with van der Waals surface area (Å²) in [5, 5.41) is 0.0784. The van der Waals surface area contributed by atoms with Gasteiger partial charge in [-0.1, -0.05) is 24.6 Å². The third-order valence-corrected chi connectivity index (χ3v) is 4.73. The summed E-state index contributed by atoms with van der Waals surface area (Å²) in [5.74, 6) is -0.259. The molecule has 0 aliphatic carbocycles. The van der Waals surface area contributed by atoms with E-state index in [1.54, 1.807) is 12.1 Å². The average molecular weight is 298 g/mol. The van der Waals surface area contributed by atoms with Gasteiger partial charge in [0.05, 0.1) is 10.6 Å². The lowest BCUT2D eigenvalue weighted by Crippen LogP contribution is -2.51. The lowest BCUT2D eigenvalue weighted by Gasteiger charge is -2.36. The molecule has 2 nitrogen and oxygen atoms in total. The topological polar surface area (TPSA) is 20.3 Å². The first-order valence-electron chi connectivity index (χ1n) is 7.19. The maximum atomic E-state index is 13.2. The first-order chi connectivity index (χ1) is 9.47. The number of nitrogens with zero attached hydrogens (tertiary/aromatic N) is 1. The minimum Gasteiger partial charge on any atom is -0.297 e. The van der Waals surface area contributed by atoms with Crippen LogP contribution in [-0.4, -0.2) is 29.3 Å². The summed E-state index contributed by atoms with van der Waals surface area (Å²) in [6, 6.07) is 4.51. The molecule has 1 fully saturated rings. The number of likely N-dealkylation sites (tertiary alicyclic amines) is 1. The SMILES string of the molecule is CCC(C)(C(=O)Cc1ccc(F)c(Cl)c1)N1CCCC1. The van der Waals surface area contributed by atoms with Crippen LogP contribution in [-0.2, 0) is 11.2 Å². The molecule has 1 aliphatic heterocycles. The van der Waals surface area contributed by atoms with Gasteiger partial charge in [-0.3, -0.25) is 9.69 Å². The van der Waals surface area contributed by atoms with Crippen LogP contribution in [0.1, 0.15) is 38.7 Å². The van der Waals surface area contributed by atoms with Gasteiger partial charge in [0.2, 0.25) is 0 Å². The summed E-state index contributed by atoms with van der Waals surface area (Å²) in [5.41, 5.74) is 0.359. The Balaban J connectivity index is 2.14. The number of Topliss-reactive ketones (excluding diaryl/α,β-unsaturated/α-hetero) is 1. The Labute approximate surface area is 124 Å². The highest BCUT2D eigenvalue weighted by Gasteiger charge is 2.38. The molecule has 4 heteroatoms. The van der Waals surface area contributed by atoms with Gasteiger partial charge in [0.15, 0.2) is 5.78 Å². The van der Waals surface area contributed by atoms with Crippen molar-refractivity contribution in [3.05, 3.63) is 34.6 Å². The van der Waals surface area contributed by atoms with Gasteiger partial charge in [-0.15, -0.1) is 0 Å². The lowest BCUT2D eigenvalue weighted by atomic mass is 9.87. The molecule has 1 unspecified atom stereocenters. The zero-order valence-corrected chi connectivity index (χ0v) is 12.8. The number of hydrogen-bond acceptors (Lipinski definition) is 2.